The molecular formula is C18H33NO4. The number of carbonyl (C=O) groups is 2. The quantitative estimate of drug-likeness (QED) is 0.623. The van der Waals surface area contributed by atoms with Crippen LogP contribution in [0.2, 0.25) is 0 Å². The lowest BCUT2D eigenvalue weighted by Gasteiger charge is -2.31. The molecule has 1 aliphatic heterocycles. The number of hydrogen-bond donors (Lipinski definition) is 0. The smallest absolute Gasteiger partial charge is 0.410 e. The van der Waals surface area contributed by atoms with Crippen molar-refractivity contribution in [3.8, 4) is 0 Å². The fraction of sp³-hybridized carbons (Fsp3) is 0.889. The largest absolute Gasteiger partial charge is 0.464 e. The van der Waals surface area contributed by atoms with Crippen LogP contribution < -0.4 is 0 Å². The van der Waals surface area contributed by atoms with Gasteiger partial charge in [0.15, 0.2) is 0 Å². The van der Waals surface area contributed by atoms with E-state index in [4.69, 9.17) is 9.47 Å². The molecule has 1 amide bonds. The van der Waals surface area contributed by atoms with E-state index in [1.54, 1.807) is 4.90 Å². The van der Waals surface area contributed by atoms with E-state index in [0.717, 1.165) is 32.1 Å². The lowest BCUT2D eigenvalue weighted by Crippen LogP contribution is -2.44. The number of cyclic esters (lactones) is 1. The zero-order valence-corrected chi connectivity index (χ0v) is 15.2. The molecule has 1 rings (SSSR count). The van der Waals surface area contributed by atoms with E-state index in [1.165, 1.54) is 12.8 Å². The number of carbonyl (C=O) groups excluding carboxylic acids is 2. The molecule has 0 bridgehead atoms. The third kappa shape index (κ3) is 8.82. The Balaban J connectivity index is 2.65. The fourth-order valence-corrected chi connectivity index (χ4v) is 2.71. The van der Waals surface area contributed by atoms with Crippen LogP contribution in [0.5, 0.6) is 0 Å². The molecule has 0 radical (unpaired) electrons. The second kappa shape index (κ2) is 9.78. The third-order valence-corrected chi connectivity index (χ3v) is 4.01. The number of ether oxygens (including phenoxy) is 2. The van der Waals surface area contributed by atoms with Gasteiger partial charge in [-0.05, 0) is 40.5 Å². The summed E-state index contributed by atoms with van der Waals surface area (Å²) in [5, 5.41) is 0. The molecule has 0 spiro atoms. The highest BCUT2D eigenvalue weighted by Crippen LogP contribution is 2.17. The molecule has 5 nitrogen and oxygen atoms in total. The molecule has 0 aromatic rings. The van der Waals surface area contributed by atoms with Gasteiger partial charge in [-0.25, -0.2) is 4.79 Å². The molecule has 0 aromatic carbocycles. The summed E-state index contributed by atoms with van der Waals surface area (Å²) in [6.45, 7) is 8.25. The molecule has 1 fully saturated rings. The van der Waals surface area contributed by atoms with Gasteiger partial charge in [-0.15, -0.1) is 0 Å². The Morgan fingerprint density at radius 3 is 2.39 bits per heavy atom. The van der Waals surface area contributed by atoms with Gasteiger partial charge in [-0.3, -0.25) is 4.79 Å². The van der Waals surface area contributed by atoms with Crippen LogP contribution in [0.25, 0.3) is 0 Å². The van der Waals surface area contributed by atoms with Crippen molar-refractivity contribution in [3.05, 3.63) is 0 Å². The van der Waals surface area contributed by atoms with Crippen LogP contribution in [0, 0.1) is 0 Å². The van der Waals surface area contributed by atoms with E-state index in [2.05, 4.69) is 0 Å². The maximum absolute atomic E-state index is 12.4. The van der Waals surface area contributed by atoms with Gasteiger partial charge in [0.2, 0.25) is 0 Å². The summed E-state index contributed by atoms with van der Waals surface area (Å²) < 4.78 is 10.7. The summed E-state index contributed by atoms with van der Waals surface area (Å²) in [5.41, 5.74) is -0.521. The molecule has 0 aromatic heterocycles. The average Bonchev–Trinajstić information content (AvgIpc) is 2.43. The van der Waals surface area contributed by atoms with E-state index < -0.39 is 5.60 Å². The molecule has 0 aliphatic carbocycles. The summed E-state index contributed by atoms with van der Waals surface area (Å²) in [4.78, 5) is 25.8. The minimum Gasteiger partial charge on any atom is -0.464 e. The number of esters is 1. The molecule has 1 saturated heterocycles. The highest BCUT2D eigenvalue weighted by atomic mass is 16.6. The number of amides is 1. The maximum Gasteiger partial charge on any atom is 0.410 e. The van der Waals surface area contributed by atoms with Crippen molar-refractivity contribution in [2.45, 2.75) is 90.7 Å². The van der Waals surface area contributed by atoms with Crippen molar-refractivity contribution < 1.29 is 19.1 Å². The Bertz CT molecular complexity index is 376. The Kier molecular flexibility index (Phi) is 8.42. The van der Waals surface area contributed by atoms with E-state index in [9.17, 15) is 9.59 Å². The molecule has 134 valence electrons. The average molecular weight is 327 g/mol. The number of rotatable bonds is 0. The van der Waals surface area contributed by atoms with Crippen LogP contribution in [0.4, 0.5) is 4.79 Å². The van der Waals surface area contributed by atoms with Gasteiger partial charge in [-0.1, -0.05) is 32.1 Å². The lowest BCUT2D eigenvalue weighted by molar-refractivity contribution is -0.144. The maximum atomic E-state index is 12.4. The Labute approximate surface area is 140 Å². The molecule has 1 heterocycles. The summed E-state index contributed by atoms with van der Waals surface area (Å²) in [5.74, 6) is -0.168. The summed E-state index contributed by atoms with van der Waals surface area (Å²) in [7, 11) is 0. The fourth-order valence-electron chi connectivity index (χ4n) is 2.71. The summed E-state index contributed by atoms with van der Waals surface area (Å²) in [6.07, 6.45) is 7.73. The molecule has 0 saturated carbocycles. The minimum absolute atomic E-state index is 0.0893. The van der Waals surface area contributed by atoms with Crippen LogP contribution in [0.1, 0.15) is 79.1 Å². The summed E-state index contributed by atoms with van der Waals surface area (Å²) in [6, 6.07) is 0.0893. The Morgan fingerprint density at radius 2 is 1.74 bits per heavy atom. The Hall–Kier alpha value is -1.26. The SMILES string of the molecule is C[C@@H]1CCCCCCCCC(=O)OCCN1C(=O)OC(C)(C)C. The monoisotopic (exact) mass is 327 g/mol. The zero-order chi connectivity index (χ0) is 17.3. The molecular weight excluding hydrogens is 294 g/mol. The van der Waals surface area contributed by atoms with Gasteiger partial charge in [0.05, 0.1) is 6.54 Å². The topological polar surface area (TPSA) is 55.8 Å². The van der Waals surface area contributed by atoms with Crippen molar-refractivity contribution in [3.63, 3.8) is 0 Å². The first-order chi connectivity index (χ1) is 10.8. The zero-order valence-electron chi connectivity index (χ0n) is 15.2. The van der Waals surface area contributed by atoms with Gasteiger partial charge in [0, 0.05) is 12.5 Å². The summed E-state index contributed by atoms with van der Waals surface area (Å²) >= 11 is 0. The van der Waals surface area contributed by atoms with Crippen LogP contribution in [-0.2, 0) is 14.3 Å². The van der Waals surface area contributed by atoms with Crippen molar-refractivity contribution in [2.75, 3.05) is 13.2 Å². The van der Waals surface area contributed by atoms with Gasteiger partial charge in [-0.2, -0.15) is 0 Å². The van der Waals surface area contributed by atoms with Crippen molar-refractivity contribution in [2.24, 2.45) is 0 Å². The first-order valence-corrected chi connectivity index (χ1v) is 8.95. The normalized spacial score (nSPS) is 22.9. The lowest BCUT2D eigenvalue weighted by atomic mass is 10.0. The number of hydrogen-bond acceptors (Lipinski definition) is 4. The van der Waals surface area contributed by atoms with Crippen molar-refractivity contribution in [1.29, 1.82) is 0 Å². The second-order valence-corrected chi connectivity index (χ2v) is 7.40. The Morgan fingerprint density at radius 1 is 1.13 bits per heavy atom. The predicted octanol–water partition coefficient (Wildman–Crippen LogP) is 4.29. The van der Waals surface area contributed by atoms with E-state index in [-0.39, 0.29) is 24.7 Å². The molecule has 0 N–H and O–H groups in total. The van der Waals surface area contributed by atoms with Crippen molar-refractivity contribution in [1.82, 2.24) is 4.90 Å². The molecule has 23 heavy (non-hydrogen) atoms. The van der Waals surface area contributed by atoms with E-state index >= 15 is 0 Å². The number of nitrogens with zero attached hydrogens (tertiary/aromatic N) is 1. The van der Waals surface area contributed by atoms with Gasteiger partial charge >= 0.3 is 12.1 Å². The molecule has 1 atom stereocenters. The first kappa shape index (κ1) is 19.8. The van der Waals surface area contributed by atoms with Gasteiger partial charge < -0.3 is 14.4 Å². The van der Waals surface area contributed by atoms with E-state index in [0.29, 0.717) is 13.0 Å². The predicted molar refractivity (Wildman–Crippen MR) is 90.3 cm³/mol. The minimum atomic E-state index is -0.521. The standard InChI is InChI=1S/C18H33NO4/c1-15-11-9-7-5-6-8-10-12-16(20)22-14-13-19(15)17(21)23-18(2,3)4/h15H,5-14H2,1-4H3/t15-/m1/s1. The van der Waals surface area contributed by atoms with E-state index in [1.807, 2.05) is 27.7 Å². The first-order valence-electron chi connectivity index (χ1n) is 8.95. The molecule has 1 aliphatic rings. The highest BCUT2D eigenvalue weighted by Gasteiger charge is 2.26. The van der Waals surface area contributed by atoms with Gasteiger partial charge in [0.1, 0.15) is 12.2 Å². The molecule has 0 unspecified atom stereocenters. The highest BCUT2D eigenvalue weighted by molar-refractivity contribution is 5.70. The van der Waals surface area contributed by atoms with Crippen LogP contribution >= 0.6 is 0 Å². The van der Waals surface area contributed by atoms with Crippen LogP contribution in [0.3, 0.4) is 0 Å². The van der Waals surface area contributed by atoms with Crippen LogP contribution in [0.15, 0.2) is 0 Å². The third-order valence-electron chi connectivity index (χ3n) is 4.01. The van der Waals surface area contributed by atoms with Gasteiger partial charge in [0.25, 0.3) is 0 Å². The van der Waals surface area contributed by atoms with Crippen molar-refractivity contribution >= 4 is 12.1 Å². The van der Waals surface area contributed by atoms with Crippen LogP contribution in [-0.4, -0.2) is 41.8 Å². The second-order valence-electron chi connectivity index (χ2n) is 7.40. The molecule has 5 heteroatoms.